The maximum Gasteiger partial charge on any atom is 0.327 e. The van der Waals surface area contributed by atoms with Crippen molar-refractivity contribution in [2.45, 2.75) is 25.6 Å². The summed E-state index contributed by atoms with van der Waals surface area (Å²) in [6.07, 6.45) is 0.518. The number of aryl methyl sites for hydroxylation is 1. The zero-order valence-electron chi connectivity index (χ0n) is 10.1. The minimum Gasteiger partial charge on any atom is -0.351 e. The van der Waals surface area contributed by atoms with Crippen LogP contribution in [0, 0.1) is 0 Å². The molecule has 18 heavy (non-hydrogen) atoms. The molecule has 0 aromatic heterocycles. The van der Waals surface area contributed by atoms with E-state index in [2.05, 4.69) is 12.2 Å². The van der Waals surface area contributed by atoms with Crippen molar-refractivity contribution in [3.63, 3.8) is 0 Å². The van der Waals surface area contributed by atoms with Crippen molar-refractivity contribution in [2.24, 2.45) is 0 Å². The smallest absolute Gasteiger partial charge is 0.327 e. The lowest BCUT2D eigenvalue weighted by molar-refractivity contribution is -0.120. The first-order valence-corrected chi connectivity index (χ1v) is 6.04. The van der Waals surface area contributed by atoms with Crippen molar-refractivity contribution in [1.82, 2.24) is 10.2 Å². The summed E-state index contributed by atoms with van der Waals surface area (Å²) in [5.41, 5.74) is 2.13. The predicted molar refractivity (Wildman–Crippen MR) is 63.7 cm³/mol. The van der Waals surface area contributed by atoms with Gasteiger partial charge >= 0.3 is 6.03 Å². The van der Waals surface area contributed by atoms with Crippen LogP contribution in [0.2, 0.25) is 0 Å². The highest BCUT2D eigenvalue weighted by Crippen LogP contribution is 2.33. The van der Waals surface area contributed by atoms with Crippen LogP contribution in [0.1, 0.15) is 24.3 Å². The molecule has 0 bridgehead atoms. The van der Waals surface area contributed by atoms with Crippen LogP contribution in [-0.4, -0.2) is 29.5 Å². The molecular weight excluding hydrogens is 232 g/mol. The number of imide groups is 1. The van der Waals surface area contributed by atoms with Crippen molar-refractivity contribution in [3.8, 4) is 0 Å². The highest BCUT2D eigenvalue weighted by atomic mass is 16.5. The molecule has 2 aliphatic heterocycles. The Kier molecular flexibility index (Phi) is 2.56. The van der Waals surface area contributed by atoms with Crippen molar-refractivity contribution < 1.29 is 14.3 Å². The Morgan fingerprint density at radius 3 is 2.72 bits per heavy atom. The molecule has 3 rings (SSSR count). The normalized spacial score (nSPS) is 26.4. The monoisotopic (exact) mass is 246 g/mol. The lowest BCUT2D eigenvalue weighted by Crippen LogP contribution is -2.32. The Bertz CT molecular complexity index is 497. The SMILES string of the molecule is CCc1ccc(C2OC[C@@H]3C(=O)NC(=O)N23)cc1. The zero-order chi connectivity index (χ0) is 12.7. The second-order valence-electron chi connectivity index (χ2n) is 4.50. The molecule has 0 spiro atoms. The topological polar surface area (TPSA) is 58.6 Å². The van der Waals surface area contributed by atoms with Gasteiger partial charge in [0.25, 0.3) is 5.91 Å². The van der Waals surface area contributed by atoms with Gasteiger partial charge in [0, 0.05) is 5.56 Å². The second-order valence-corrected chi connectivity index (χ2v) is 4.50. The molecule has 5 heteroatoms. The van der Waals surface area contributed by atoms with Gasteiger partial charge in [0.2, 0.25) is 0 Å². The number of hydrogen-bond donors (Lipinski definition) is 1. The van der Waals surface area contributed by atoms with Gasteiger partial charge in [-0.05, 0) is 12.0 Å². The molecule has 1 unspecified atom stereocenters. The van der Waals surface area contributed by atoms with Gasteiger partial charge in [-0.3, -0.25) is 15.0 Å². The Morgan fingerprint density at radius 2 is 2.06 bits per heavy atom. The first-order chi connectivity index (χ1) is 8.70. The fourth-order valence-corrected chi connectivity index (χ4v) is 2.38. The molecule has 2 aliphatic rings. The molecule has 2 heterocycles. The van der Waals surface area contributed by atoms with Crippen molar-refractivity contribution in [3.05, 3.63) is 35.4 Å². The van der Waals surface area contributed by atoms with Gasteiger partial charge in [-0.2, -0.15) is 0 Å². The number of hydrogen-bond acceptors (Lipinski definition) is 3. The molecule has 1 aromatic carbocycles. The number of amides is 3. The molecule has 2 saturated heterocycles. The number of carbonyl (C=O) groups excluding carboxylic acids is 2. The van der Waals surface area contributed by atoms with Crippen LogP contribution in [0.25, 0.3) is 0 Å². The van der Waals surface area contributed by atoms with E-state index in [0.29, 0.717) is 0 Å². The molecule has 3 amide bonds. The van der Waals surface area contributed by atoms with E-state index in [1.54, 1.807) is 0 Å². The van der Waals surface area contributed by atoms with Gasteiger partial charge < -0.3 is 4.74 Å². The maximum atomic E-state index is 11.7. The lowest BCUT2D eigenvalue weighted by Gasteiger charge is -2.20. The largest absolute Gasteiger partial charge is 0.351 e. The number of urea groups is 1. The van der Waals surface area contributed by atoms with Gasteiger partial charge in [-0.1, -0.05) is 31.2 Å². The molecule has 2 atom stereocenters. The van der Waals surface area contributed by atoms with Crippen LogP contribution >= 0.6 is 0 Å². The third kappa shape index (κ3) is 1.59. The minimum atomic E-state index is -0.478. The highest BCUT2D eigenvalue weighted by Gasteiger charge is 2.48. The molecule has 94 valence electrons. The quantitative estimate of drug-likeness (QED) is 0.798. The molecule has 5 nitrogen and oxygen atoms in total. The maximum absolute atomic E-state index is 11.7. The number of ether oxygens (including phenoxy) is 1. The van der Waals surface area contributed by atoms with E-state index < -0.39 is 12.3 Å². The van der Waals surface area contributed by atoms with E-state index in [4.69, 9.17) is 4.74 Å². The summed E-state index contributed by atoms with van der Waals surface area (Å²) in [5, 5.41) is 2.31. The average molecular weight is 246 g/mol. The van der Waals surface area contributed by atoms with E-state index in [0.717, 1.165) is 12.0 Å². The summed E-state index contributed by atoms with van der Waals surface area (Å²) in [6.45, 7) is 2.35. The summed E-state index contributed by atoms with van der Waals surface area (Å²) in [5.74, 6) is -0.271. The van der Waals surface area contributed by atoms with Crippen molar-refractivity contribution in [1.29, 1.82) is 0 Å². The Balaban J connectivity index is 1.88. The fraction of sp³-hybridized carbons (Fsp3) is 0.385. The first kappa shape index (κ1) is 11.2. The van der Waals surface area contributed by atoms with Gasteiger partial charge in [-0.25, -0.2) is 4.79 Å². The third-order valence-corrected chi connectivity index (χ3v) is 3.44. The van der Waals surface area contributed by atoms with E-state index in [1.165, 1.54) is 10.5 Å². The Labute approximate surface area is 105 Å². The van der Waals surface area contributed by atoms with Crippen molar-refractivity contribution in [2.75, 3.05) is 6.61 Å². The first-order valence-electron chi connectivity index (χ1n) is 6.04. The van der Waals surface area contributed by atoms with Gasteiger partial charge in [0.15, 0.2) is 6.23 Å². The summed E-state index contributed by atoms with van der Waals surface area (Å²) >= 11 is 0. The van der Waals surface area contributed by atoms with E-state index >= 15 is 0 Å². The standard InChI is InChI=1S/C13H14N2O3/c1-2-8-3-5-9(6-4-8)12-15-10(7-18-12)11(16)14-13(15)17/h3-6,10,12H,2,7H2,1H3,(H,14,16,17)/t10-,12?/m1/s1. The van der Waals surface area contributed by atoms with E-state index in [1.807, 2.05) is 24.3 Å². The Morgan fingerprint density at radius 1 is 1.33 bits per heavy atom. The van der Waals surface area contributed by atoms with Crippen LogP contribution < -0.4 is 5.32 Å². The van der Waals surface area contributed by atoms with E-state index in [-0.39, 0.29) is 18.5 Å². The molecule has 1 aromatic rings. The molecule has 0 saturated carbocycles. The van der Waals surface area contributed by atoms with Crippen molar-refractivity contribution >= 4 is 11.9 Å². The van der Waals surface area contributed by atoms with E-state index in [9.17, 15) is 9.59 Å². The summed E-state index contributed by atoms with van der Waals surface area (Å²) in [6, 6.07) is 7.08. The summed E-state index contributed by atoms with van der Waals surface area (Å²) in [4.78, 5) is 24.7. The molecular formula is C13H14N2O3. The van der Waals surface area contributed by atoms with Crippen LogP contribution in [0.15, 0.2) is 24.3 Å². The Hall–Kier alpha value is -1.88. The zero-order valence-corrected chi connectivity index (χ0v) is 10.1. The molecule has 2 fully saturated rings. The van der Waals surface area contributed by atoms with Crippen LogP contribution in [0.4, 0.5) is 4.79 Å². The lowest BCUT2D eigenvalue weighted by atomic mass is 10.1. The second kappa shape index (κ2) is 4.10. The van der Waals surface area contributed by atoms with Gasteiger partial charge in [0.1, 0.15) is 6.04 Å². The third-order valence-electron chi connectivity index (χ3n) is 3.44. The van der Waals surface area contributed by atoms with Gasteiger partial charge in [0.05, 0.1) is 6.61 Å². The highest BCUT2D eigenvalue weighted by molar-refractivity contribution is 6.04. The predicted octanol–water partition coefficient (Wildman–Crippen LogP) is 1.20. The average Bonchev–Trinajstić information content (AvgIpc) is 2.93. The van der Waals surface area contributed by atoms with Crippen LogP contribution in [-0.2, 0) is 16.0 Å². The number of nitrogens with zero attached hydrogens (tertiary/aromatic N) is 1. The van der Waals surface area contributed by atoms with Gasteiger partial charge in [-0.15, -0.1) is 0 Å². The van der Waals surface area contributed by atoms with Crippen LogP contribution in [0.5, 0.6) is 0 Å². The fourth-order valence-electron chi connectivity index (χ4n) is 2.38. The number of nitrogens with one attached hydrogen (secondary N) is 1. The minimum absolute atomic E-state index is 0.262. The molecule has 0 aliphatic carbocycles. The number of carbonyl (C=O) groups is 2. The summed E-state index contributed by atoms with van der Waals surface area (Å²) < 4.78 is 5.56. The van der Waals surface area contributed by atoms with Crippen LogP contribution in [0.3, 0.4) is 0 Å². The summed E-state index contributed by atoms with van der Waals surface area (Å²) in [7, 11) is 0. The number of benzene rings is 1. The molecule has 0 radical (unpaired) electrons. The number of rotatable bonds is 2. The molecule has 1 N–H and O–H groups in total. The number of fused-ring (bicyclic) bond motifs is 1.